The Kier molecular flexibility index (Phi) is 5.63. The van der Waals surface area contributed by atoms with Crippen LogP contribution in [0.1, 0.15) is 44.3 Å². The second-order valence-electron chi connectivity index (χ2n) is 8.84. The maximum Gasteiger partial charge on any atom is 0.219 e. The Morgan fingerprint density at radius 1 is 1.10 bits per heavy atom. The van der Waals surface area contributed by atoms with Gasteiger partial charge in [-0.15, -0.1) is 10.2 Å². The lowest BCUT2D eigenvalue weighted by molar-refractivity contribution is -0.130. The van der Waals surface area contributed by atoms with Gasteiger partial charge in [-0.1, -0.05) is 0 Å². The molecular formula is C23H29N7O. The van der Waals surface area contributed by atoms with Crippen molar-refractivity contribution in [2.75, 3.05) is 32.7 Å². The van der Waals surface area contributed by atoms with Crippen LogP contribution < -0.4 is 0 Å². The Balaban J connectivity index is 1.25. The molecule has 2 saturated heterocycles. The summed E-state index contributed by atoms with van der Waals surface area (Å²) in [5, 5.41) is 13.7. The number of piperidine rings is 2. The van der Waals surface area contributed by atoms with Crippen LogP contribution in [0.25, 0.3) is 16.9 Å². The maximum atomic E-state index is 11.7. The molecule has 1 unspecified atom stereocenters. The molecule has 5 heterocycles. The highest BCUT2D eigenvalue weighted by Gasteiger charge is 2.28. The second-order valence-corrected chi connectivity index (χ2v) is 8.84. The van der Waals surface area contributed by atoms with Crippen molar-refractivity contribution in [3.8, 4) is 11.3 Å². The van der Waals surface area contributed by atoms with E-state index in [1.807, 2.05) is 39.9 Å². The molecule has 0 aliphatic carbocycles. The first-order valence-electron chi connectivity index (χ1n) is 11.3. The van der Waals surface area contributed by atoms with E-state index in [4.69, 9.17) is 5.10 Å². The lowest BCUT2D eigenvalue weighted by atomic mass is 9.93. The first-order chi connectivity index (χ1) is 15.2. The highest BCUT2D eigenvalue weighted by Crippen LogP contribution is 2.29. The van der Waals surface area contributed by atoms with Crippen LogP contribution in [0.15, 0.2) is 36.7 Å². The minimum absolute atomic E-state index is 0.209. The Bertz CT molecular complexity index is 1040. The SMILES string of the molecule is CC(=O)N1CCCC(CN2CCC(c3nnc4ccc(-c5cccnc5)nn34)CC2)C1. The van der Waals surface area contributed by atoms with Gasteiger partial charge < -0.3 is 9.80 Å². The van der Waals surface area contributed by atoms with Crippen LogP contribution in [-0.2, 0) is 4.79 Å². The van der Waals surface area contributed by atoms with E-state index >= 15 is 0 Å². The highest BCUT2D eigenvalue weighted by molar-refractivity contribution is 5.73. The zero-order chi connectivity index (χ0) is 21.2. The number of hydrogen-bond acceptors (Lipinski definition) is 6. The first kappa shape index (κ1) is 20.1. The minimum atomic E-state index is 0.209. The van der Waals surface area contributed by atoms with Gasteiger partial charge in [-0.2, -0.15) is 9.61 Å². The van der Waals surface area contributed by atoms with Crippen molar-refractivity contribution in [1.29, 1.82) is 0 Å². The van der Waals surface area contributed by atoms with Crippen molar-refractivity contribution >= 4 is 11.6 Å². The monoisotopic (exact) mass is 419 g/mol. The largest absolute Gasteiger partial charge is 0.343 e. The predicted molar refractivity (Wildman–Crippen MR) is 117 cm³/mol. The number of carbonyl (C=O) groups excluding carboxylic acids is 1. The Labute approximate surface area is 182 Å². The summed E-state index contributed by atoms with van der Waals surface area (Å²) in [4.78, 5) is 20.5. The van der Waals surface area contributed by atoms with Gasteiger partial charge in [0.1, 0.15) is 0 Å². The average molecular weight is 420 g/mol. The molecule has 0 N–H and O–H groups in total. The third-order valence-electron chi connectivity index (χ3n) is 6.68. The van der Waals surface area contributed by atoms with E-state index in [1.54, 1.807) is 13.1 Å². The summed E-state index contributed by atoms with van der Waals surface area (Å²) in [6, 6.07) is 7.89. The molecule has 2 aliphatic heterocycles. The second kappa shape index (κ2) is 8.70. The van der Waals surface area contributed by atoms with E-state index in [2.05, 4.69) is 20.1 Å². The molecule has 8 heteroatoms. The third-order valence-corrected chi connectivity index (χ3v) is 6.68. The molecule has 0 spiro atoms. The van der Waals surface area contributed by atoms with Crippen LogP contribution in [0.3, 0.4) is 0 Å². The van der Waals surface area contributed by atoms with E-state index < -0.39 is 0 Å². The lowest BCUT2D eigenvalue weighted by Gasteiger charge is -2.37. The normalized spacial score (nSPS) is 20.9. The van der Waals surface area contributed by atoms with Crippen molar-refractivity contribution in [2.24, 2.45) is 5.92 Å². The molecule has 0 bridgehead atoms. The quantitative estimate of drug-likeness (QED) is 0.647. The van der Waals surface area contributed by atoms with E-state index in [-0.39, 0.29) is 5.91 Å². The molecule has 3 aromatic heterocycles. The van der Waals surface area contributed by atoms with Gasteiger partial charge in [-0.3, -0.25) is 9.78 Å². The summed E-state index contributed by atoms with van der Waals surface area (Å²) < 4.78 is 1.91. The Morgan fingerprint density at radius 3 is 2.74 bits per heavy atom. The standard InChI is InChI=1S/C23H29N7O/c1-17(31)29-11-3-4-18(16-29)15-28-12-8-19(9-13-28)23-26-25-22-7-6-21(27-30(22)23)20-5-2-10-24-14-20/h2,5-7,10,14,18-19H,3-4,8-9,11-13,15-16H2,1H3. The van der Waals surface area contributed by atoms with Crippen molar-refractivity contribution in [3.05, 3.63) is 42.5 Å². The van der Waals surface area contributed by atoms with Gasteiger partial charge in [0.15, 0.2) is 11.5 Å². The molecule has 5 rings (SSSR count). The van der Waals surface area contributed by atoms with Crippen LogP contribution in [0.2, 0.25) is 0 Å². The topological polar surface area (TPSA) is 79.5 Å². The van der Waals surface area contributed by atoms with Gasteiger partial charge in [0.05, 0.1) is 5.69 Å². The maximum absolute atomic E-state index is 11.7. The molecule has 2 aliphatic rings. The van der Waals surface area contributed by atoms with Crippen LogP contribution in [0.4, 0.5) is 0 Å². The fraction of sp³-hybridized carbons (Fsp3) is 0.522. The van der Waals surface area contributed by atoms with Crippen molar-refractivity contribution in [1.82, 2.24) is 34.6 Å². The zero-order valence-electron chi connectivity index (χ0n) is 18.0. The van der Waals surface area contributed by atoms with E-state index in [0.29, 0.717) is 11.8 Å². The number of carbonyl (C=O) groups is 1. The van der Waals surface area contributed by atoms with Crippen molar-refractivity contribution < 1.29 is 4.79 Å². The molecule has 31 heavy (non-hydrogen) atoms. The summed E-state index contributed by atoms with van der Waals surface area (Å²) >= 11 is 0. The van der Waals surface area contributed by atoms with Crippen LogP contribution in [0, 0.1) is 5.92 Å². The number of nitrogens with zero attached hydrogens (tertiary/aromatic N) is 7. The third kappa shape index (κ3) is 4.30. The molecule has 8 nitrogen and oxygen atoms in total. The number of amides is 1. The van der Waals surface area contributed by atoms with E-state index in [1.165, 1.54) is 6.42 Å². The van der Waals surface area contributed by atoms with Gasteiger partial charge >= 0.3 is 0 Å². The fourth-order valence-electron chi connectivity index (χ4n) is 4.97. The summed E-state index contributed by atoms with van der Waals surface area (Å²) in [6.45, 7) is 6.70. The van der Waals surface area contributed by atoms with E-state index in [9.17, 15) is 4.79 Å². The molecule has 0 radical (unpaired) electrons. The number of aromatic nitrogens is 5. The number of likely N-dealkylation sites (tertiary alicyclic amines) is 2. The van der Waals surface area contributed by atoms with Crippen molar-refractivity contribution in [2.45, 2.75) is 38.5 Å². The minimum Gasteiger partial charge on any atom is -0.343 e. The van der Waals surface area contributed by atoms with Crippen molar-refractivity contribution in [3.63, 3.8) is 0 Å². The summed E-state index contributed by atoms with van der Waals surface area (Å²) in [5.41, 5.74) is 2.66. The molecule has 162 valence electrons. The summed E-state index contributed by atoms with van der Waals surface area (Å²) in [6.07, 6.45) is 8.06. The Morgan fingerprint density at radius 2 is 1.97 bits per heavy atom. The predicted octanol–water partition coefficient (Wildman–Crippen LogP) is 2.62. The molecule has 0 aromatic carbocycles. The number of rotatable bonds is 4. The molecule has 1 amide bonds. The fourth-order valence-corrected chi connectivity index (χ4v) is 4.97. The summed E-state index contributed by atoms with van der Waals surface area (Å²) in [7, 11) is 0. The first-order valence-corrected chi connectivity index (χ1v) is 11.3. The van der Waals surface area contributed by atoms with Gasteiger partial charge in [-0.05, 0) is 69.0 Å². The zero-order valence-corrected chi connectivity index (χ0v) is 18.0. The van der Waals surface area contributed by atoms with Gasteiger partial charge in [-0.25, -0.2) is 0 Å². The molecule has 2 fully saturated rings. The smallest absolute Gasteiger partial charge is 0.219 e. The number of pyridine rings is 1. The van der Waals surface area contributed by atoms with Crippen LogP contribution in [0.5, 0.6) is 0 Å². The molecule has 1 atom stereocenters. The molecule has 3 aromatic rings. The van der Waals surface area contributed by atoms with Gasteiger partial charge in [0.25, 0.3) is 0 Å². The van der Waals surface area contributed by atoms with Crippen LogP contribution in [-0.4, -0.2) is 73.2 Å². The molecular weight excluding hydrogens is 390 g/mol. The highest BCUT2D eigenvalue weighted by atomic mass is 16.2. The summed E-state index contributed by atoms with van der Waals surface area (Å²) in [5.74, 6) is 2.12. The van der Waals surface area contributed by atoms with Gasteiger partial charge in [0.2, 0.25) is 5.91 Å². The molecule has 0 saturated carbocycles. The average Bonchev–Trinajstić information content (AvgIpc) is 3.24. The Hall–Kier alpha value is -2.87. The lowest BCUT2D eigenvalue weighted by Crippen LogP contribution is -2.44. The number of fused-ring (bicyclic) bond motifs is 1. The van der Waals surface area contributed by atoms with E-state index in [0.717, 1.165) is 74.7 Å². The van der Waals surface area contributed by atoms with Crippen LogP contribution >= 0.6 is 0 Å². The number of hydrogen-bond donors (Lipinski definition) is 0. The van der Waals surface area contributed by atoms with Gasteiger partial charge in [0, 0.05) is 50.4 Å².